The maximum Gasteiger partial charge on any atom is 0.269 e. The van der Waals surface area contributed by atoms with Gasteiger partial charge in [-0.3, -0.25) is 10.1 Å². The summed E-state index contributed by atoms with van der Waals surface area (Å²) in [5.41, 5.74) is 0.971. The fourth-order valence-electron chi connectivity index (χ4n) is 2.25. The summed E-state index contributed by atoms with van der Waals surface area (Å²) in [6.07, 6.45) is 3.24. The van der Waals surface area contributed by atoms with Gasteiger partial charge < -0.3 is 4.57 Å². The number of rotatable bonds is 2. The lowest BCUT2D eigenvalue weighted by molar-refractivity contribution is -0.384. The van der Waals surface area contributed by atoms with Gasteiger partial charge in [0.1, 0.15) is 5.82 Å². The summed E-state index contributed by atoms with van der Waals surface area (Å²) >= 11 is 0. The number of aryl methyl sites for hydroxylation is 1. The van der Waals surface area contributed by atoms with E-state index in [0.29, 0.717) is 0 Å². The maximum atomic E-state index is 10.6. The zero-order valence-corrected chi connectivity index (χ0v) is 9.74. The summed E-state index contributed by atoms with van der Waals surface area (Å²) in [5, 5.41) is 19.0. The molecule has 0 bridgehead atoms. The molecule has 0 unspecified atom stereocenters. The number of aromatic nitrogens is 3. The van der Waals surface area contributed by atoms with Crippen molar-refractivity contribution in [3.05, 3.63) is 40.2 Å². The normalized spacial score (nSPS) is 14.2. The van der Waals surface area contributed by atoms with Gasteiger partial charge in [-0.05, 0) is 25.0 Å². The molecule has 0 atom stereocenters. The first-order chi connectivity index (χ1) is 8.75. The van der Waals surface area contributed by atoms with Gasteiger partial charge in [0.15, 0.2) is 5.82 Å². The van der Waals surface area contributed by atoms with Crippen molar-refractivity contribution < 1.29 is 4.92 Å². The number of nitro benzene ring substituents is 1. The van der Waals surface area contributed by atoms with Crippen LogP contribution in [-0.4, -0.2) is 19.7 Å². The largest absolute Gasteiger partial charge is 0.311 e. The smallest absolute Gasteiger partial charge is 0.269 e. The Hall–Kier alpha value is -2.24. The van der Waals surface area contributed by atoms with Gasteiger partial charge in [-0.15, -0.1) is 10.2 Å². The minimum atomic E-state index is -0.400. The predicted molar refractivity (Wildman–Crippen MR) is 65.1 cm³/mol. The summed E-state index contributed by atoms with van der Waals surface area (Å²) in [4.78, 5) is 10.2. The van der Waals surface area contributed by atoms with Crippen LogP contribution in [0.2, 0.25) is 0 Å². The second-order valence-electron chi connectivity index (χ2n) is 4.35. The fourth-order valence-corrected chi connectivity index (χ4v) is 2.25. The van der Waals surface area contributed by atoms with Gasteiger partial charge >= 0.3 is 0 Å². The molecule has 0 fully saturated rings. The minimum Gasteiger partial charge on any atom is -0.311 e. The Morgan fingerprint density at radius 3 is 2.67 bits per heavy atom. The molecular weight excluding hydrogens is 232 g/mol. The highest BCUT2D eigenvalue weighted by atomic mass is 16.6. The van der Waals surface area contributed by atoms with Gasteiger partial charge in [-0.25, -0.2) is 0 Å². The standard InChI is InChI=1S/C12H12N4O2/c17-16(18)10-6-4-9(5-7-10)12-14-13-11-3-1-2-8-15(11)12/h4-7H,1-3,8H2. The minimum absolute atomic E-state index is 0.0946. The number of nitro groups is 1. The van der Waals surface area contributed by atoms with E-state index < -0.39 is 4.92 Å². The zero-order valence-electron chi connectivity index (χ0n) is 9.74. The van der Waals surface area contributed by atoms with Crippen LogP contribution in [0.25, 0.3) is 11.4 Å². The van der Waals surface area contributed by atoms with Crippen molar-refractivity contribution >= 4 is 5.69 Å². The van der Waals surface area contributed by atoms with Crippen LogP contribution in [0.3, 0.4) is 0 Å². The second kappa shape index (κ2) is 4.21. The predicted octanol–water partition coefficient (Wildman–Crippen LogP) is 2.19. The van der Waals surface area contributed by atoms with Crippen LogP contribution < -0.4 is 0 Å². The third kappa shape index (κ3) is 1.75. The van der Waals surface area contributed by atoms with Crippen LogP contribution in [0, 0.1) is 10.1 Å². The first kappa shape index (κ1) is 10.9. The molecule has 2 heterocycles. The topological polar surface area (TPSA) is 73.8 Å². The van der Waals surface area contributed by atoms with E-state index in [-0.39, 0.29) is 5.69 Å². The van der Waals surface area contributed by atoms with E-state index in [0.717, 1.165) is 43.0 Å². The van der Waals surface area contributed by atoms with Crippen LogP contribution in [0.5, 0.6) is 0 Å². The van der Waals surface area contributed by atoms with E-state index in [1.54, 1.807) is 12.1 Å². The van der Waals surface area contributed by atoms with Gasteiger partial charge in [-0.2, -0.15) is 0 Å². The number of fused-ring (bicyclic) bond motifs is 1. The Bertz CT molecular complexity index is 589. The van der Waals surface area contributed by atoms with Crippen LogP contribution in [0.1, 0.15) is 18.7 Å². The molecule has 6 heteroatoms. The van der Waals surface area contributed by atoms with E-state index >= 15 is 0 Å². The lowest BCUT2D eigenvalue weighted by Gasteiger charge is -2.14. The molecule has 0 radical (unpaired) electrons. The molecule has 0 amide bonds. The highest BCUT2D eigenvalue weighted by Gasteiger charge is 2.17. The van der Waals surface area contributed by atoms with E-state index in [4.69, 9.17) is 0 Å². The van der Waals surface area contributed by atoms with Gasteiger partial charge in [-0.1, -0.05) is 0 Å². The number of benzene rings is 1. The molecule has 92 valence electrons. The van der Waals surface area contributed by atoms with Crippen molar-refractivity contribution in [2.45, 2.75) is 25.8 Å². The van der Waals surface area contributed by atoms with E-state index in [1.807, 2.05) is 0 Å². The first-order valence-corrected chi connectivity index (χ1v) is 5.92. The molecule has 1 aliphatic rings. The van der Waals surface area contributed by atoms with Gasteiger partial charge in [0, 0.05) is 30.7 Å². The first-order valence-electron chi connectivity index (χ1n) is 5.92. The Balaban J connectivity index is 1.99. The van der Waals surface area contributed by atoms with E-state index in [9.17, 15) is 10.1 Å². The van der Waals surface area contributed by atoms with Crippen LogP contribution >= 0.6 is 0 Å². The van der Waals surface area contributed by atoms with Crippen molar-refractivity contribution in [1.82, 2.24) is 14.8 Å². The van der Waals surface area contributed by atoms with Gasteiger partial charge in [0.05, 0.1) is 4.92 Å². The molecule has 0 aliphatic carbocycles. The molecule has 1 aliphatic heterocycles. The van der Waals surface area contributed by atoms with Crippen molar-refractivity contribution in [1.29, 1.82) is 0 Å². The highest BCUT2D eigenvalue weighted by Crippen LogP contribution is 2.24. The Kier molecular flexibility index (Phi) is 2.55. The Morgan fingerprint density at radius 1 is 1.17 bits per heavy atom. The SMILES string of the molecule is O=[N+]([O-])c1ccc(-c2nnc3n2CCCC3)cc1. The van der Waals surface area contributed by atoms with Gasteiger partial charge in [0.25, 0.3) is 5.69 Å². The zero-order chi connectivity index (χ0) is 12.5. The second-order valence-corrected chi connectivity index (χ2v) is 4.35. The molecule has 0 N–H and O–H groups in total. The molecule has 1 aromatic carbocycles. The Morgan fingerprint density at radius 2 is 1.94 bits per heavy atom. The van der Waals surface area contributed by atoms with Crippen molar-refractivity contribution in [3.8, 4) is 11.4 Å². The molecule has 0 spiro atoms. The summed E-state index contributed by atoms with van der Waals surface area (Å²) in [5.74, 6) is 1.81. The quantitative estimate of drug-likeness (QED) is 0.599. The average Bonchev–Trinajstić information content (AvgIpc) is 2.82. The van der Waals surface area contributed by atoms with E-state index in [1.165, 1.54) is 12.1 Å². The lowest BCUT2D eigenvalue weighted by atomic mass is 10.1. The van der Waals surface area contributed by atoms with Crippen molar-refractivity contribution in [3.63, 3.8) is 0 Å². The molecule has 2 aromatic rings. The molecule has 6 nitrogen and oxygen atoms in total. The maximum absolute atomic E-state index is 10.6. The Labute approximate surface area is 103 Å². The summed E-state index contributed by atoms with van der Waals surface area (Å²) in [6.45, 7) is 0.925. The molecule has 1 aromatic heterocycles. The van der Waals surface area contributed by atoms with E-state index in [2.05, 4.69) is 14.8 Å². The molecule has 0 saturated heterocycles. The number of nitrogens with zero attached hydrogens (tertiary/aromatic N) is 4. The monoisotopic (exact) mass is 244 g/mol. The number of hydrogen-bond donors (Lipinski definition) is 0. The van der Waals surface area contributed by atoms with Crippen molar-refractivity contribution in [2.24, 2.45) is 0 Å². The van der Waals surface area contributed by atoms with Crippen LogP contribution in [0.15, 0.2) is 24.3 Å². The van der Waals surface area contributed by atoms with Gasteiger partial charge in [0.2, 0.25) is 0 Å². The summed E-state index contributed by atoms with van der Waals surface area (Å²) in [7, 11) is 0. The van der Waals surface area contributed by atoms with Crippen LogP contribution in [0.4, 0.5) is 5.69 Å². The number of non-ortho nitro benzene ring substituents is 1. The fraction of sp³-hybridized carbons (Fsp3) is 0.333. The third-order valence-corrected chi connectivity index (χ3v) is 3.20. The summed E-state index contributed by atoms with van der Waals surface area (Å²) in [6, 6.07) is 6.45. The third-order valence-electron chi connectivity index (χ3n) is 3.20. The molecular formula is C12H12N4O2. The molecule has 0 saturated carbocycles. The summed E-state index contributed by atoms with van der Waals surface area (Å²) < 4.78 is 2.10. The average molecular weight is 244 g/mol. The highest BCUT2D eigenvalue weighted by molar-refractivity contribution is 5.57. The van der Waals surface area contributed by atoms with Crippen LogP contribution in [-0.2, 0) is 13.0 Å². The number of hydrogen-bond acceptors (Lipinski definition) is 4. The molecule has 3 rings (SSSR count). The molecule has 18 heavy (non-hydrogen) atoms. The lowest BCUT2D eigenvalue weighted by Crippen LogP contribution is -2.11. The van der Waals surface area contributed by atoms with Crippen molar-refractivity contribution in [2.75, 3.05) is 0 Å².